The molecule has 2 aromatic rings. The Labute approximate surface area is 198 Å². The summed E-state index contributed by atoms with van der Waals surface area (Å²) >= 11 is 3.27. The lowest BCUT2D eigenvalue weighted by atomic mass is 9.90. The molecule has 1 heterocycles. The zero-order valence-corrected chi connectivity index (χ0v) is 20.3. The first-order chi connectivity index (χ1) is 15.2. The van der Waals surface area contributed by atoms with Gasteiger partial charge in [-0.15, -0.1) is 0 Å². The number of nitrogens with one attached hydrogen (secondary N) is 3. The molecule has 0 radical (unpaired) electrons. The van der Waals surface area contributed by atoms with Crippen LogP contribution in [0.2, 0.25) is 0 Å². The molecule has 0 spiro atoms. The van der Waals surface area contributed by atoms with Crippen LogP contribution in [0.25, 0.3) is 0 Å². The van der Waals surface area contributed by atoms with E-state index in [1.54, 1.807) is 24.3 Å². The fraction of sp³-hybridized carbons (Fsp3) is 0.350. The maximum Gasteiger partial charge on any atom is 0.516 e. The number of amides is 1. The van der Waals surface area contributed by atoms with E-state index in [-0.39, 0.29) is 12.1 Å². The summed E-state index contributed by atoms with van der Waals surface area (Å²) in [4.78, 5) is 20.6. The zero-order valence-electron chi connectivity index (χ0n) is 17.9. The molecule has 180 valence electrons. The minimum absolute atomic E-state index is 0.190. The van der Waals surface area contributed by atoms with E-state index < -0.39 is 39.0 Å². The largest absolute Gasteiger partial charge is 0.516 e. The van der Waals surface area contributed by atoms with E-state index in [2.05, 4.69) is 36.5 Å². The molecule has 0 saturated carbocycles. The van der Waals surface area contributed by atoms with Crippen LogP contribution in [0.1, 0.15) is 37.6 Å². The summed E-state index contributed by atoms with van der Waals surface area (Å²) in [6.45, 7) is 5.53. The Balaban J connectivity index is 2.42. The van der Waals surface area contributed by atoms with Crippen molar-refractivity contribution in [2.24, 2.45) is 10.4 Å². The molecule has 1 aromatic heterocycles. The predicted octanol–water partition coefficient (Wildman–Crippen LogP) is 4.24. The normalized spacial score (nSPS) is 13.8. The van der Waals surface area contributed by atoms with Gasteiger partial charge in [-0.25, -0.2) is 9.71 Å². The number of benzene rings is 1. The van der Waals surface area contributed by atoms with Gasteiger partial charge in [0.25, 0.3) is 5.91 Å². The quantitative estimate of drug-likeness (QED) is 0.368. The van der Waals surface area contributed by atoms with Crippen LogP contribution in [-0.4, -0.2) is 36.9 Å². The number of hydrogen-bond donors (Lipinski definition) is 3. The smallest absolute Gasteiger partial charge is 0.330 e. The van der Waals surface area contributed by atoms with Gasteiger partial charge in [0.05, 0.1) is 11.9 Å². The fourth-order valence-corrected chi connectivity index (χ4v) is 3.28. The third kappa shape index (κ3) is 8.65. The Morgan fingerprint density at radius 1 is 1.15 bits per heavy atom. The molecule has 1 unspecified atom stereocenters. The Bertz CT molecular complexity index is 1090. The van der Waals surface area contributed by atoms with E-state index in [1.165, 1.54) is 29.2 Å². The Morgan fingerprint density at radius 3 is 2.30 bits per heavy atom. The van der Waals surface area contributed by atoms with E-state index >= 15 is 0 Å². The number of carbonyl (C=O) groups excluding carboxylic acids is 1. The second kappa shape index (κ2) is 10.5. The number of pyridine rings is 1. The van der Waals surface area contributed by atoms with Gasteiger partial charge in [-0.1, -0.05) is 36.7 Å². The van der Waals surface area contributed by atoms with Crippen molar-refractivity contribution in [3.05, 3.63) is 58.8 Å². The molecular formula is C20H23BrF3N5O3S. The number of halogens is 4. The van der Waals surface area contributed by atoms with Gasteiger partial charge in [-0.2, -0.15) is 21.6 Å². The van der Waals surface area contributed by atoms with Crippen LogP contribution in [0.15, 0.2) is 58.3 Å². The molecule has 0 aliphatic carbocycles. The lowest BCUT2D eigenvalue weighted by molar-refractivity contribution is -0.0442. The maximum absolute atomic E-state index is 13.0. The highest BCUT2D eigenvalue weighted by Crippen LogP contribution is 2.24. The van der Waals surface area contributed by atoms with Crippen molar-refractivity contribution >= 4 is 43.5 Å². The minimum atomic E-state index is -5.77. The predicted molar refractivity (Wildman–Crippen MR) is 123 cm³/mol. The van der Waals surface area contributed by atoms with Gasteiger partial charge in [0, 0.05) is 16.2 Å². The summed E-state index contributed by atoms with van der Waals surface area (Å²) in [5, 5.41) is 5.12. The first kappa shape index (κ1) is 26.6. The number of aliphatic imine (C=N–C) groups is 1. The van der Waals surface area contributed by atoms with Crippen molar-refractivity contribution in [2.75, 3.05) is 5.32 Å². The number of carbonyl (C=O) groups is 1. The number of rotatable bonds is 6. The molecule has 0 aliphatic rings. The molecule has 1 aromatic carbocycles. The third-order valence-electron chi connectivity index (χ3n) is 3.95. The second-order valence-corrected chi connectivity index (χ2v) is 10.7. The Hall–Kier alpha value is -2.67. The van der Waals surface area contributed by atoms with Gasteiger partial charge in [0.15, 0.2) is 0 Å². The molecule has 0 aliphatic heterocycles. The number of aromatic nitrogens is 1. The zero-order chi connectivity index (χ0) is 24.9. The van der Waals surface area contributed by atoms with Crippen molar-refractivity contribution in [3.63, 3.8) is 0 Å². The summed E-state index contributed by atoms with van der Waals surface area (Å²) in [6.07, 6.45) is 1.84. The number of sulfonamides is 1. The SMILES string of the molecule is CC(C)(C)CC(N=C(Nc1cccnc1)NS(=O)(=O)C(F)(F)F)NC(=O)c1ccc(Br)cc1. The lowest BCUT2D eigenvalue weighted by Gasteiger charge is -2.25. The van der Waals surface area contributed by atoms with Gasteiger partial charge in [-0.05, 0) is 48.2 Å². The van der Waals surface area contributed by atoms with Gasteiger partial charge >= 0.3 is 15.5 Å². The number of guanidine groups is 1. The molecule has 3 N–H and O–H groups in total. The summed E-state index contributed by atoms with van der Waals surface area (Å²) in [7, 11) is -5.77. The summed E-state index contributed by atoms with van der Waals surface area (Å²) in [5.74, 6) is -1.24. The molecular weight excluding hydrogens is 527 g/mol. The van der Waals surface area contributed by atoms with Gasteiger partial charge < -0.3 is 10.6 Å². The molecule has 33 heavy (non-hydrogen) atoms. The summed E-state index contributed by atoms with van der Waals surface area (Å²) in [5.41, 5.74) is -5.49. The van der Waals surface area contributed by atoms with E-state index in [4.69, 9.17) is 0 Å². The average molecular weight is 550 g/mol. The van der Waals surface area contributed by atoms with Crippen molar-refractivity contribution in [3.8, 4) is 0 Å². The highest BCUT2D eigenvalue weighted by atomic mass is 79.9. The first-order valence-electron chi connectivity index (χ1n) is 9.57. The Morgan fingerprint density at radius 2 is 1.79 bits per heavy atom. The van der Waals surface area contributed by atoms with Crippen molar-refractivity contribution < 1.29 is 26.4 Å². The lowest BCUT2D eigenvalue weighted by Crippen LogP contribution is -2.45. The van der Waals surface area contributed by atoms with Crippen LogP contribution in [-0.2, 0) is 10.0 Å². The van der Waals surface area contributed by atoms with E-state index in [0.29, 0.717) is 5.56 Å². The van der Waals surface area contributed by atoms with Gasteiger partial charge in [0.2, 0.25) is 5.96 Å². The Kier molecular flexibility index (Phi) is 8.46. The van der Waals surface area contributed by atoms with Crippen LogP contribution in [0, 0.1) is 5.41 Å². The molecule has 1 amide bonds. The molecule has 0 bridgehead atoms. The highest BCUT2D eigenvalue weighted by Gasteiger charge is 2.46. The van der Waals surface area contributed by atoms with Gasteiger partial charge in [-0.3, -0.25) is 9.78 Å². The van der Waals surface area contributed by atoms with Crippen LogP contribution < -0.4 is 15.4 Å². The maximum atomic E-state index is 13.0. The fourth-order valence-electron chi connectivity index (χ4n) is 2.54. The summed E-state index contributed by atoms with van der Waals surface area (Å²) < 4.78 is 64.6. The molecule has 8 nitrogen and oxygen atoms in total. The molecule has 2 rings (SSSR count). The van der Waals surface area contributed by atoms with Crippen LogP contribution in [0.3, 0.4) is 0 Å². The third-order valence-corrected chi connectivity index (χ3v) is 5.55. The van der Waals surface area contributed by atoms with Crippen molar-refractivity contribution in [1.29, 1.82) is 0 Å². The number of anilines is 1. The number of nitrogens with zero attached hydrogens (tertiary/aromatic N) is 2. The standard InChI is InChI=1S/C20H23BrF3N5O3S/c1-19(2,3)11-16(27-17(30)13-6-8-14(21)9-7-13)28-18(26-15-5-4-10-25-12-15)29-33(31,32)20(22,23)24/h4-10,12,16H,11H2,1-3H3,(H,27,30)(H2,26,28,29). The topological polar surface area (TPSA) is 113 Å². The van der Waals surface area contributed by atoms with Crippen LogP contribution in [0.4, 0.5) is 18.9 Å². The van der Waals surface area contributed by atoms with Crippen LogP contribution >= 0.6 is 15.9 Å². The molecule has 1 atom stereocenters. The molecule has 0 saturated heterocycles. The molecule has 0 fully saturated rings. The number of hydrogen-bond acceptors (Lipinski definition) is 5. The average Bonchev–Trinajstić information content (AvgIpc) is 2.66. The summed E-state index contributed by atoms with van der Waals surface area (Å²) in [6, 6.07) is 9.38. The van der Waals surface area contributed by atoms with Gasteiger partial charge in [0.1, 0.15) is 6.17 Å². The minimum Gasteiger partial charge on any atom is -0.330 e. The highest BCUT2D eigenvalue weighted by molar-refractivity contribution is 9.10. The number of alkyl halides is 3. The first-order valence-corrected chi connectivity index (χ1v) is 11.8. The van der Waals surface area contributed by atoms with E-state index in [9.17, 15) is 26.4 Å². The van der Waals surface area contributed by atoms with Crippen molar-refractivity contribution in [2.45, 2.75) is 38.9 Å². The second-order valence-electron chi connectivity index (χ2n) is 8.16. The van der Waals surface area contributed by atoms with E-state index in [0.717, 1.165) is 4.47 Å². The van der Waals surface area contributed by atoms with Crippen molar-refractivity contribution in [1.82, 2.24) is 15.0 Å². The monoisotopic (exact) mass is 549 g/mol. The van der Waals surface area contributed by atoms with E-state index in [1.807, 2.05) is 20.8 Å². The van der Waals surface area contributed by atoms with Crippen LogP contribution in [0.5, 0.6) is 0 Å². The molecule has 13 heteroatoms.